The molecule has 1 saturated heterocycles. The monoisotopic (exact) mass is 482 g/mol. The fourth-order valence-electron chi connectivity index (χ4n) is 4.65. The fourth-order valence-corrected chi connectivity index (χ4v) is 4.65. The van der Waals surface area contributed by atoms with Gasteiger partial charge in [-0.1, -0.05) is 96.8 Å². The average molecular weight is 483 g/mol. The van der Waals surface area contributed by atoms with Gasteiger partial charge in [0.15, 0.2) is 0 Å². The van der Waals surface area contributed by atoms with E-state index in [4.69, 9.17) is 5.11 Å². The van der Waals surface area contributed by atoms with E-state index in [1.807, 2.05) is 6.92 Å². The molecular formula is C27H50N2O5. The van der Waals surface area contributed by atoms with E-state index < -0.39 is 12.2 Å². The summed E-state index contributed by atoms with van der Waals surface area (Å²) < 4.78 is 0. The van der Waals surface area contributed by atoms with Crippen LogP contribution in [0.25, 0.3) is 0 Å². The lowest BCUT2D eigenvalue weighted by Gasteiger charge is -2.22. The highest BCUT2D eigenvalue weighted by Crippen LogP contribution is 2.22. The molecule has 1 heterocycles. The summed E-state index contributed by atoms with van der Waals surface area (Å²) in [7, 11) is 0. The second kappa shape index (κ2) is 19.7. The van der Waals surface area contributed by atoms with E-state index in [0.29, 0.717) is 32.4 Å². The predicted molar refractivity (Wildman–Crippen MR) is 135 cm³/mol. The van der Waals surface area contributed by atoms with Gasteiger partial charge in [0.2, 0.25) is 11.8 Å². The number of nitrogens with one attached hydrogen (secondary N) is 1. The minimum absolute atomic E-state index is 0.0340. The largest absolute Gasteiger partial charge is 0.481 e. The molecule has 198 valence electrons. The maximum atomic E-state index is 11.9. The average Bonchev–Trinajstić information content (AvgIpc) is 3.03. The van der Waals surface area contributed by atoms with Gasteiger partial charge >= 0.3 is 5.97 Å². The van der Waals surface area contributed by atoms with Gasteiger partial charge in [0, 0.05) is 38.3 Å². The van der Waals surface area contributed by atoms with Crippen LogP contribution in [0.3, 0.4) is 0 Å². The number of aliphatic carboxylic acids is 1. The minimum Gasteiger partial charge on any atom is -0.481 e. The van der Waals surface area contributed by atoms with E-state index in [0.717, 1.165) is 25.7 Å². The van der Waals surface area contributed by atoms with Crippen LogP contribution < -0.4 is 5.32 Å². The molecule has 1 aliphatic rings. The molecule has 0 spiro atoms. The summed E-state index contributed by atoms with van der Waals surface area (Å²) in [6.07, 6.45) is 19.7. The number of carboxylic acid groups (broad SMARTS) is 1. The number of aliphatic hydroxyl groups excluding tert-OH is 1. The van der Waals surface area contributed by atoms with E-state index in [2.05, 4.69) is 5.32 Å². The van der Waals surface area contributed by atoms with Crippen LogP contribution in [-0.4, -0.2) is 52.2 Å². The first kappa shape index (κ1) is 30.4. The van der Waals surface area contributed by atoms with E-state index in [-0.39, 0.29) is 17.7 Å². The molecule has 0 aromatic heterocycles. The van der Waals surface area contributed by atoms with Crippen molar-refractivity contribution in [2.45, 2.75) is 135 Å². The van der Waals surface area contributed by atoms with Crippen molar-refractivity contribution in [1.29, 1.82) is 0 Å². The molecule has 2 atom stereocenters. The van der Waals surface area contributed by atoms with E-state index >= 15 is 0 Å². The molecule has 0 aromatic carbocycles. The zero-order valence-electron chi connectivity index (χ0n) is 21.6. The topological polar surface area (TPSA) is 107 Å². The highest BCUT2D eigenvalue weighted by atomic mass is 16.4. The number of hydrogen-bond acceptors (Lipinski definition) is 4. The molecular weight excluding hydrogens is 432 g/mol. The number of nitrogens with zero attached hydrogens (tertiary/aromatic N) is 1. The highest BCUT2D eigenvalue weighted by molar-refractivity contribution is 5.79. The van der Waals surface area contributed by atoms with Gasteiger partial charge in [0.25, 0.3) is 0 Å². The van der Waals surface area contributed by atoms with Crippen LogP contribution in [0.2, 0.25) is 0 Å². The zero-order valence-corrected chi connectivity index (χ0v) is 21.6. The van der Waals surface area contributed by atoms with Gasteiger partial charge in [0.05, 0.1) is 0 Å². The van der Waals surface area contributed by atoms with Gasteiger partial charge in [0.1, 0.15) is 6.23 Å². The Labute approximate surface area is 207 Å². The van der Waals surface area contributed by atoms with Crippen LogP contribution in [0.1, 0.15) is 129 Å². The van der Waals surface area contributed by atoms with Crippen LogP contribution in [0.15, 0.2) is 0 Å². The molecule has 7 heteroatoms. The summed E-state index contributed by atoms with van der Waals surface area (Å²) in [5.74, 6) is -0.712. The molecule has 0 radical (unpaired) electrons. The second-order valence-electron chi connectivity index (χ2n) is 10.1. The van der Waals surface area contributed by atoms with Gasteiger partial charge in [-0.2, -0.15) is 0 Å². The smallest absolute Gasteiger partial charge is 0.303 e. The maximum absolute atomic E-state index is 11.9. The summed E-state index contributed by atoms with van der Waals surface area (Å²) >= 11 is 0. The number of carbonyl (C=O) groups is 3. The fraction of sp³-hybridized carbons (Fsp3) is 0.889. The third kappa shape index (κ3) is 15.3. The third-order valence-corrected chi connectivity index (χ3v) is 6.86. The van der Waals surface area contributed by atoms with Gasteiger partial charge in [-0.15, -0.1) is 0 Å². The summed E-state index contributed by atoms with van der Waals surface area (Å²) in [4.78, 5) is 35.6. The Bertz CT molecular complexity index is 569. The number of unbranched alkanes of at least 4 members (excludes halogenated alkanes) is 15. The summed E-state index contributed by atoms with van der Waals surface area (Å²) in [6, 6.07) is 0. The quantitative estimate of drug-likeness (QED) is 0.179. The Balaban J connectivity index is 1.77. The van der Waals surface area contributed by atoms with Crippen molar-refractivity contribution in [3.8, 4) is 0 Å². The Morgan fingerprint density at radius 1 is 0.794 bits per heavy atom. The maximum Gasteiger partial charge on any atom is 0.303 e. The van der Waals surface area contributed by atoms with Crippen molar-refractivity contribution in [2.24, 2.45) is 5.92 Å². The Morgan fingerprint density at radius 3 is 1.59 bits per heavy atom. The number of amides is 2. The minimum atomic E-state index is -0.719. The Hall–Kier alpha value is -1.63. The standard InChI is InChI=1S/C27H50N2O5/c1-23-22-25(31)29(27(23)34)21-20-28-24(30)18-16-14-12-10-8-6-4-2-3-5-7-9-11-13-15-17-19-26(32)33/h23,27,34H,2-22H2,1H3,(H,28,30)(H,32,33). The molecule has 0 bridgehead atoms. The van der Waals surface area contributed by atoms with Crippen LogP contribution in [0.5, 0.6) is 0 Å². The number of rotatable bonds is 22. The van der Waals surface area contributed by atoms with Crippen molar-refractivity contribution >= 4 is 17.8 Å². The molecule has 2 amide bonds. The van der Waals surface area contributed by atoms with Gasteiger partial charge in [-0.25, -0.2) is 0 Å². The molecule has 3 N–H and O–H groups in total. The lowest BCUT2D eigenvalue weighted by Crippen LogP contribution is -2.40. The zero-order chi connectivity index (χ0) is 25.0. The Kier molecular flexibility index (Phi) is 17.6. The summed E-state index contributed by atoms with van der Waals surface area (Å²) in [5, 5.41) is 21.4. The van der Waals surface area contributed by atoms with Gasteiger partial charge in [-0.05, 0) is 12.8 Å². The number of aliphatic hydroxyl groups is 1. The molecule has 1 rings (SSSR count). The molecule has 0 aromatic rings. The van der Waals surface area contributed by atoms with Gasteiger partial charge in [-0.3, -0.25) is 14.4 Å². The van der Waals surface area contributed by atoms with Crippen molar-refractivity contribution in [2.75, 3.05) is 13.1 Å². The van der Waals surface area contributed by atoms with Crippen molar-refractivity contribution in [3.05, 3.63) is 0 Å². The van der Waals surface area contributed by atoms with E-state index in [1.165, 1.54) is 81.9 Å². The highest BCUT2D eigenvalue weighted by Gasteiger charge is 2.35. The summed E-state index contributed by atoms with van der Waals surface area (Å²) in [6.45, 7) is 2.65. The van der Waals surface area contributed by atoms with Crippen molar-refractivity contribution in [3.63, 3.8) is 0 Å². The van der Waals surface area contributed by atoms with Crippen LogP contribution in [0.4, 0.5) is 0 Å². The first-order valence-electron chi connectivity index (χ1n) is 13.9. The molecule has 0 aliphatic carbocycles. The van der Waals surface area contributed by atoms with Gasteiger partial charge < -0.3 is 20.4 Å². The first-order chi connectivity index (χ1) is 16.4. The molecule has 0 saturated carbocycles. The lowest BCUT2D eigenvalue weighted by atomic mass is 10.0. The number of carboxylic acids is 1. The number of likely N-dealkylation sites (tertiary alicyclic amines) is 1. The van der Waals surface area contributed by atoms with Crippen molar-refractivity contribution < 1.29 is 24.6 Å². The first-order valence-corrected chi connectivity index (χ1v) is 13.9. The molecule has 2 unspecified atom stereocenters. The molecule has 7 nitrogen and oxygen atoms in total. The second-order valence-corrected chi connectivity index (χ2v) is 10.1. The molecule has 1 aliphatic heterocycles. The molecule has 1 fully saturated rings. The number of carbonyl (C=O) groups excluding carboxylic acids is 2. The van der Waals surface area contributed by atoms with Crippen molar-refractivity contribution in [1.82, 2.24) is 10.2 Å². The predicted octanol–water partition coefficient (Wildman–Crippen LogP) is 5.40. The van der Waals surface area contributed by atoms with Crippen LogP contribution in [0, 0.1) is 5.92 Å². The third-order valence-electron chi connectivity index (χ3n) is 6.86. The number of hydrogen-bond donors (Lipinski definition) is 3. The van der Waals surface area contributed by atoms with E-state index in [9.17, 15) is 19.5 Å². The van der Waals surface area contributed by atoms with Crippen LogP contribution >= 0.6 is 0 Å². The SMILES string of the molecule is CC1CC(=O)N(CCNC(=O)CCCCCCCCCCCCCCCCCCC(=O)O)C1O. The lowest BCUT2D eigenvalue weighted by molar-refractivity contribution is -0.137. The summed E-state index contributed by atoms with van der Waals surface area (Å²) in [5.41, 5.74) is 0. The van der Waals surface area contributed by atoms with Crippen LogP contribution in [-0.2, 0) is 14.4 Å². The Morgan fingerprint density at radius 2 is 1.21 bits per heavy atom. The normalized spacial score (nSPS) is 17.9. The molecule has 34 heavy (non-hydrogen) atoms. The van der Waals surface area contributed by atoms with E-state index in [1.54, 1.807) is 0 Å².